The molecule has 1 heterocycles. The lowest BCUT2D eigenvalue weighted by molar-refractivity contribution is 1.11. The molecule has 0 bridgehead atoms. The van der Waals surface area contributed by atoms with Crippen molar-refractivity contribution in [2.24, 2.45) is 0 Å². The van der Waals surface area contributed by atoms with Gasteiger partial charge in [0.05, 0.1) is 15.2 Å². The molecule has 0 N–H and O–H groups in total. The van der Waals surface area contributed by atoms with Gasteiger partial charge in [-0.2, -0.15) is 0 Å². The van der Waals surface area contributed by atoms with Gasteiger partial charge in [-0.05, 0) is 31.0 Å². The summed E-state index contributed by atoms with van der Waals surface area (Å²) in [6, 6.07) is 6.44. The predicted molar refractivity (Wildman–Crippen MR) is 65.1 cm³/mol. The molecule has 0 aliphatic rings. The van der Waals surface area contributed by atoms with E-state index in [0.29, 0.717) is 0 Å². The number of aryl methyl sites for hydroxylation is 2. The highest BCUT2D eigenvalue weighted by molar-refractivity contribution is 7.18. The monoisotopic (exact) mass is 207 g/mol. The van der Waals surface area contributed by atoms with Crippen molar-refractivity contribution in [1.82, 2.24) is 4.98 Å². The van der Waals surface area contributed by atoms with Gasteiger partial charge in [-0.15, -0.1) is 11.3 Å². The van der Waals surface area contributed by atoms with Crippen LogP contribution in [0, 0.1) is 6.92 Å². The van der Waals surface area contributed by atoms with Gasteiger partial charge in [0.1, 0.15) is 0 Å². The van der Waals surface area contributed by atoms with E-state index < -0.39 is 0 Å². The fraction of sp³-hybridized carbons (Fsp3) is 0.417. The Morgan fingerprint density at radius 1 is 1.29 bits per heavy atom. The van der Waals surface area contributed by atoms with E-state index in [2.05, 4.69) is 37.0 Å². The highest BCUT2D eigenvalue weighted by atomic mass is 32.1. The molecule has 0 aliphatic heterocycles. The molecule has 2 aromatic rings. The zero-order chi connectivity index (χ0) is 10.6. The second-order valence-corrected chi connectivity index (χ2v) is 4.05. The van der Waals surface area contributed by atoms with Crippen LogP contribution in [-0.4, -0.2) is 4.98 Å². The fourth-order valence-electron chi connectivity index (χ4n) is 1.24. The standard InChI is InChI=1S/C10H11NS.C2H6/c1-3-10-11-8-6-7(2)4-5-9(8)12-10;1-2/h4-6H,3H2,1-2H3;1-2H3. The Labute approximate surface area is 89.8 Å². The van der Waals surface area contributed by atoms with E-state index in [9.17, 15) is 0 Å². The lowest BCUT2D eigenvalue weighted by Crippen LogP contribution is -1.75. The first kappa shape index (κ1) is 11.2. The summed E-state index contributed by atoms with van der Waals surface area (Å²) in [7, 11) is 0. The minimum absolute atomic E-state index is 1.04. The SMILES string of the molecule is CC.CCc1nc2cc(C)ccc2s1. The summed E-state index contributed by atoms with van der Waals surface area (Å²) < 4.78 is 1.30. The molecule has 0 saturated heterocycles. The number of thiazole rings is 1. The molecule has 2 rings (SSSR count). The zero-order valence-electron chi connectivity index (χ0n) is 9.29. The number of fused-ring (bicyclic) bond motifs is 1. The van der Waals surface area contributed by atoms with E-state index in [-0.39, 0.29) is 0 Å². The molecule has 0 amide bonds. The van der Waals surface area contributed by atoms with E-state index in [0.717, 1.165) is 11.9 Å². The van der Waals surface area contributed by atoms with Gasteiger partial charge in [-0.1, -0.05) is 26.8 Å². The maximum atomic E-state index is 4.51. The van der Waals surface area contributed by atoms with Crippen LogP contribution in [0.15, 0.2) is 18.2 Å². The summed E-state index contributed by atoms with van der Waals surface area (Å²) in [6.45, 7) is 8.25. The number of hydrogen-bond donors (Lipinski definition) is 0. The van der Waals surface area contributed by atoms with Crippen LogP contribution in [0.4, 0.5) is 0 Å². The molecule has 14 heavy (non-hydrogen) atoms. The molecule has 1 aromatic carbocycles. The first-order valence-electron chi connectivity index (χ1n) is 5.15. The average molecular weight is 207 g/mol. The van der Waals surface area contributed by atoms with Crippen LogP contribution in [0.2, 0.25) is 0 Å². The van der Waals surface area contributed by atoms with Crippen LogP contribution < -0.4 is 0 Å². The smallest absolute Gasteiger partial charge is 0.0935 e. The third-order valence-corrected chi connectivity index (χ3v) is 3.07. The van der Waals surface area contributed by atoms with Crippen molar-refractivity contribution in [2.75, 3.05) is 0 Å². The Kier molecular flexibility index (Phi) is 4.08. The summed E-state index contributed by atoms with van der Waals surface area (Å²) >= 11 is 1.79. The number of benzene rings is 1. The summed E-state index contributed by atoms with van der Waals surface area (Å²) in [5, 5.41) is 1.23. The van der Waals surface area contributed by atoms with E-state index >= 15 is 0 Å². The van der Waals surface area contributed by atoms with Gasteiger partial charge in [-0.3, -0.25) is 0 Å². The molecule has 0 unspecified atom stereocenters. The average Bonchev–Trinajstić information content (AvgIpc) is 2.62. The Morgan fingerprint density at radius 3 is 2.64 bits per heavy atom. The molecule has 0 spiro atoms. The third-order valence-electron chi connectivity index (χ3n) is 1.89. The highest BCUT2D eigenvalue weighted by Crippen LogP contribution is 2.22. The van der Waals surface area contributed by atoms with Gasteiger partial charge in [0.25, 0.3) is 0 Å². The second kappa shape index (κ2) is 5.11. The van der Waals surface area contributed by atoms with Gasteiger partial charge in [-0.25, -0.2) is 4.98 Å². The normalized spacial score (nSPS) is 9.71. The van der Waals surface area contributed by atoms with Gasteiger partial charge in [0.2, 0.25) is 0 Å². The van der Waals surface area contributed by atoms with Crippen LogP contribution >= 0.6 is 11.3 Å². The number of nitrogens with zero attached hydrogens (tertiary/aromatic N) is 1. The molecule has 1 nitrogen and oxygen atoms in total. The number of rotatable bonds is 1. The van der Waals surface area contributed by atoms with Crippen molar-refractivity contribution < 1.29 is 0 Å². The van der Waals surface area contributed by atoms with Crippen LogP contribution in [0.3, 0.4) is 0 Å². The largest absolute Gasteiger partial charge is 0.241 e. The van der Waals surface area contributed by atoms with E-state index in [1.807, 2.05) is 13.8 Å². The molecule has 0 radical (unpaired) electrons. The topological polar surface area (TPSA) is 12.9 Å². The first-order valence-corrected chi connectivity index (χ1v) is 5.97. The maximum Gasteiger partial charge on any atom is 0.0935 e. The molecule has 1 aromatic heterocycles. The van der Waals surface area contributed by atoms with Crippen molar-refractivity contribution in [3.63, 3.8) is 0 Å². The minimum Gasteiger partial charge on any atom is -0.241 e. The minimum atomic E-state index is 1.04. The third kappa shape index (κ3) is 2.32. The van der Waals surface area contributed by atoms with Crippen LogP contribution in [-0.2, 0) is 6.42 Å². The van der Waals surface area contributed by atoms with Gasteiger partial charge in [0, 0.05) is 0 Å². The van der Waals surface area contributed by atoms with Crippen LogP contribution in [0.5, 0.6) is 0 Å². The summed E-state index contributed by atoms with van der Waals surface area (Å²) in [5.41, 5.74) is 2.44. The Morgan fingerprint density at radius 2 is 2.00 bits per heavy atom. The fourth-order valence-corrected chi connectivity index (χ4v) is 2.12. The van der Waals surface area contributed by atoms with Crippen molar-refractivity contribution in [3.8, 4) is 0 Å². The number of aromatic nitrogens is 1. The predicted octanol–water partition coefficient (Wildman–Crippen LogP) is 4.19. The maximum absolute atomic E-state index is 4.51. The quantitative estimate of drug-likeness (QED) is 0.683. The summed E-state index contributed by atoms with van der Waals surface area (Å²) in [6.07, 6.45) is 1.04. The Bertz CT molecular complexity index is 404. The highest BCUT2D eigenvalue weighted by Gasteiger charge is 2.00. The van der Waals surface area contributed by atoms with Crippen molar-refractivity contribution in [3.05, 3.63) is 28.8 Å². The van der Waals surface area contributed by atoms with E-state index in [1.54, 1.807) is 11.3 Å². The Balaban J connectivity index is 0.000000461. The van der Waals surface area contributed by atoms with Gasteiger partial charge in [0.15, 0.2) is 0 Å². The summed E-state index contributed by atoms with van der Waals surface area (Å²) in [5.74, 6) is 0. The molecule has 0 saturated carbocycles. The Hall–Kier alpha value is -0.890. The molecule has 0 fully saturated rings. The van der Waals surface area contributed by atoms with Gasteiger partial charge >= 0.3 is 0 Å². The van der Waals surface area contributed by atoms with Crippen LogP contribution in [0.1, 0.15) is 31.3 Å². The molecule has 2 heteroatoms. The summed E-state index contributed by atoms with van der Waals surface area (Å²) in [4.78, 5) is 4.51. The van der Waals surface area contributed by atoms with Gasteiger partial charge < -0.3 is 0 Å². The molecular weight excluding hydrogens is 190 g/mol. The molecule has 0 aliphatic carbocycles. The van der Waals surface area contributed by atoms with E-state index in [4.69, 9.17) is 0 Å². The number of hydrogen-bond acceptors (Lipinski definition) is 2. The van der Waals surface area contributed by atoms with Crippen molar-refractivity contribution in [1.29, 1.82) is 0 Å². The first-order chi connectivity index (χ1) is 6.79. The van der Waals surface area contributed by atoms with Crippen molar-refractivity contribution in [2.45, 2.75) is 34.1 Å². The molecular formula is C12H17NS. The molecule has 0 atom stereocenters. The lowest BCUT2D eigenvalue weighted by atomic mass is 10.2. The second-order valence-electron chi connectivity index (χ2n) is 2.93. The zero-order valence-corrected chi connectivity index (χ0v) is 10.1. The van der Waals surface area contributed by atoms with E-state index in [1.165, 1.54) is 15.3 Å². The lowest BCUT2D eigenvalue weighted by Gasteiger charge is -1.88. The van der Waals surface area contributed by atoms with Crippen molar-refractivity contribution >= 4 is 21.6 Å². The van der Waals surface area contributed by atoms with Crippen LogP contribution in [0.25, 0.3) is 10.2 Å². The molecule has 76 valence electrons.